The van der Waals surface area contributed by atoms with E-state index in [2.05, 4.69) is 0 Å². The smallest absolute Gasteiger partial charge is 0.410 e. The molecule has 2 heterocycles. The average Bonchev–Trinajstić information content (AvgIpc) is 2.95. The molecule has 0 radical (unpaired) electrons. The van der Waals surface area contributed by atoms with Gasteiger partial charge in [0.05, 0.1) is 17.6 Å². The summed E-state index contributed by atoms with van der Waals surface area (Å²) in [6.45, 7) is -0.443. The van der Waals surface area contributed by atoms with Crippen molar-refractivity contribution in [2.45, 2.75) is 31.2 Å². The maximum absolute atomic E-state index is 14.0. The van der Waals surface area contributed by atoms with E-state index in [0.717, 1.165) is 11.0 Å². The predicted molar refractivity (Wildman–Crippen MR) is 83.3 cm³/mol. The van der Waals surface area contributed by atoms with Gasteiger partial charge in [0.2, 0.25) is 5.91 Å². The van der Waals surface area contributed by atoms with Crippen molar-refractivity contribution < 1.29 is 27.5 Å². The summed E-state index contributed by atoms with van der Waals surface area (Å²) in [5, 5.41) is -0.142. The van der Waals surface area contributed by atoms with Gasteiger partial charge in [-0.15, -0.1) is 0 Å². The Labute approximate surface area is 147 Å². The van der Waals surface area contributed by atoms with Gasteiger partial charge in [-0.05, 0) is 18.6 Å². The predicted octanol–water partition coefficient (Wildman–Crippen LogP) is 3.31. The average molecular weight is 377 g/mol. The van der Waals surface area contributed by atoms with Crippen LogP contribution in [0.3, 0.4) is 0 Å². The third-order valence-electron chi connectivity index (χ3n) is 4.29. The summed E-state index contributed by atoms with van der Waals surface area (Å²) in [7, 11) is 0. The molecule has 9 heteroatoms. The van der Waals surface area contributed by atoms with Crippen LogP contribution in [0.4, 0.5) is 18.0 Å². The van der Waals surface area contributed by atoms with Crippen LogP contribution in [-0.2, 0) is 4.79 Å². The molecule has 0 aliphatic carbocycles. The first-order chi connectivity index (χ1) is 11.7. The SMILES string of the molecule is O=C(Oc1ccc(Cl)c(F)c1)N1C[C@H](N2CCCC2=O)CC(F)(F)C1. The molecule has 3 rings (SSSR count). The Balaban J connectivity index is 1.72. The summed E-state index contributed by atoms with van der Waals surface area (Å²) < 4.78 is 46.4. The molecule has 0 bridgehead atoms. The zero-order valence-electron chi connectivity index (χ0n) is 13.2. The molecule has 0 spiro atoms. The number of halogens is 4. The lowest BCUT2D eigenvalue weighted by Gasteiger charge is -2.40. The van der Waals surface area contributed by atoms with Crippen LogP contribution in [0.15, 0.2) is 18.2 Å². The van der Waals surface area contributed by atoms with E-state index >= 15 is 0 Å². The van der Waals surface area contributed by atoms with Crippen molar-refractivity contribution in [2.24, 2.45) is 0 Å². The summed E-state index contributed by atoms with van der Waals surface area (Å²) in [5.41, 5.74) is 0. The molecule has 5 nitrogen and oxygen atoms in total. The van der Waals surface area contributed by atoms with E-state index in [9.17, 15) is 22.8 Å². The number of amides is 2. The Hall–Kier alpha value is -1.96. The zero-order chi connectivity index (χ0) is 18.2. The number of alkyl halides is 2. The number of benzene rings is 1. The van der Waals surface area contributed by atoms with E-state index in [-0.39, 0.29) is 23.2 Å². The van der Waals surface area contributed by atoms with Crippen LogP contribution >= 0.6 is 11.6 Å². The van der Waals surface area contributed by atoms with Crippen molar-refractivity contribution in [1.82, 2.24) is 9.80 Å². The van der Waals surface area contributed by atoms with Gasteiger partial charge in [0.25, 0.3) is 5.92 Å². The van der Waals surface area contributed by atoms with Gasteiger partial charge in [-0.25, -0.2) is 18.0 Å². The van der Waals surface area contributed by atoms with Crippen molar-refractivity contribution in [3.63, 3.8) is 0 Å². The first kappa shape index (κ1) is 17.8. The highest BCUT2D eigenvalue weighted by molar-refractivity contribution is 6.30. The van der Waals surface area contributed by atoms with Gasteiger partial charge in [-0.1, -0.05) is 11.6 Å². The van der Waals surface area contributed by atoms with E-state index < -0.39 is 36.8 Å². The maximum atomic E-state index is 14.0. The van der Waals surface area contributed by atoms with Gasteiger partial charge in [0.1, 0.15) is 11.6 Å². The van der Waals surface area contributed by atoms with E-state index in [4.69, 9.17) is 16.3 Å². The van der Waals surface area contributed by atoms with Crippen molar-refractivity contribution in [1.29, 1.82) is 0 Å². The fourth-order valence-electron chi connectivity index (χ4n) is 3.18. The van der Waals surface area contributed by atoms with E-state index in [1.165, 1.54) is 17.0 Å². The summed E-state index contributed by atoms with van der Waals surface area (Å²) in [5.74, 6) is -4.22. The second kappa shape index (κ2) is 6.74. The van der Waals surface area contributed by atoms with E-state index in [1.807, 2.05) is 0 Å². The number of likely N-dealkylation sites (tertiary alicyclic amines) is 2. The van der Waals surface area contributed by atoms with Crippen molar-refractivity contribution in [3.05, 3.63) is 29.0 Å². The van der Waals surface area contributed by atoms with Crippen LogP contribution in [0.5, 0.6) is 5.75 Å². The lowest BCUT2D eigenvalue weighted by Crippen LogP contribution is -2.57. The Bertz CT molecular complexity index is 701. The van der Waals surface area contributed by atoms with Gasteiger partial charge in [-0.3, -0.25) is 9.69 Å². The van der Waals surface area contributed by atoms with Gasteiger partial charge < -0.3 is 9.64 Å². The van der Waals surface area contributed by atoms with Crippen molar-refractivity contribution >= 4 is 23.6 Å². The molecule has 1 atom stereocenters. The molecule has 1 aromatic rings. The molecule has 136 valence electrons. The monoisotopic (exact) mass is 376 g/mol. The molecule has 2 fully saturated rings. The molecule has 0 aromatic heterocycles. The number of piperidine rings is 1. The van der Waals surface area contributed by atoms with E-state index in [1.54, 1.807) is 0 Å². The highest BCUT2D eigenvalue weighted by Gasteiger charge is 2.46. The van der Waals surface area contributed by atoms with Crippen LogP contribution in [0, 0.1) is 5.82 Å². The van der Waals surface area contributed by atoms with Gasteiger partial charge in [0.15, 0.2) is 0 Å². The number of carbonyl (C=O) groups is 2. The normalized spacial score (nSPS) is 23.0. The van der Waals surface area contributed by atoms with E-state index in [0.29, 0.717) is 19.4 Å². The maximum Gasteiger partial charge on any atom is 0.415 e. The second-order valence-corrected chi connectivity index (χ2v) is 6.64. The number of carbonyl (C=O) groups excluding carboxylic acids is 2. The molecule has 0 unspecified atom stereocenters. The molecule has 2 saturated heterocycles. The van der Waals surface area contributed by atoms with Crippen LogP contribution in [0.1, 0.15) is 19.3 Å². The molecular formula is C16H16ClF3N2O3. The minimum absolute atomic E-state index is 0.0454. The number of hydrogen-bond donors (Lipinski definition) is 0. The highest BCUT2D eigenvalue weighted by atomic mass is 35.5. The molecular weight excluding hydrogens is 361 g/mol. The summed E-state index contributed by atoms with van der Waals surface area (Å²) in [6, 6.07) is 2.63. The lowest BCUT2D eigenvalue weighted by atomic mass is 10.0. The first-order valence-electron chi connectivity index (χ1n) is 7.84. The van der Waals surface area contributed by atoms with Gasteiger partial charge in [-0.2, -0.15) is 0 Å². The first-order valence-corrected chi connectivity index (χ1v) is 8.22. The zero-order valence-corrected chi connectivity index (χ0v) is 13.9. The number of nitrogens with zero attached hydrogens (tertiary/aromatic N) is 2. The number of ether oxygens (including phenoxy) is 1. The highest BCUT2D eigenvalue weighted by Crippen LogP contribution is 2.32. The Morgan fingerprint density at radius 2 is 2.12 bits per heavy atom. The summed E-state index contributed by atoms with van der Waals surface area (Å²) in [6.07, 6.45) is -0.554. The Kier molecular flexibility index (Phi) is 4.81. The lowest BCUT2D eigenvalue weighted by molar-refractivity contribution is -0.135. The van der Waals surface area contributed by atoms with Crippen LogP contribution < -0.4 is 4.74 Å². The summed E-state index contributed by atoms with van der Waals surface area (Å²) in [4.78, 5) is 26.3. The quantitative estimate of drug-likeness (QED) is 0.795. The molecule has 0 saturated carbocycles. The van der Waals surface area contributed by atoms with Crippen LogP contribution in [0.25, 0.3) is 0 Å². The fraction of sp³-hybridized carbons (Fsp3) is 0.500. The van der Waals surface area contributed by atoms with Gasteiger partial charge >= 0.3 is 6.09 Å². The van der Waals surface area contributed by atoms with Gasteiger partial charge in [0, 0.05) is 32.0 Å². The van der Waals surface area contributed by atoms with Crippen LogP contribution in [0.2, 0.25) is 5.02 Å². The molecule has 1 aromatic carbocycles. The number of rotatable bonds is 2. The van der Waals surface area contributed by atoms with Crippen molar-refractivity contribution in [3.8, 4) is 5.75 Å². The Morgan fingerprint density at radius 3 is 2.76 bits per heavy atom. The number of hydrogen-bond acceptors (Lipinski definition) is 3. The topological polar surface area (TPSA) is 49.9 Å². The molecule has 2 aliphatic rings. The van der Waals surface area contributed by atoms with Crippen LogP contribution in [-0.4, -0.2) is 53.4 Å². The minimum atomic E-state index is -3.13. The fourth-order valence-corrected chi connectivity index (χ4v) is 3.30. The largest absolute Gasteiger partial charge is 0.415 e. The standard InChI is InChI=1S/C16H16ClF3N2O3/c17-12-4-3-11(6-13(12)18)25-15(24)21-8-10(7-16(19,20)9-21)22-5-1-2-14(22)23/h3-4,6,10H,1-2,5,7-9H2/t10-/m1/s1. The molecule has 2 aliphatic heterocycles. The molecule has 0 N–H and O–H groups in total. The summed E-state index contributed by atoms with van der Waals surface area (Å²) >= 11 is 5.55. The minimum Gasteiger partial charge on any atom is -0.410 e. The Morgan fingerprint density at radius 1 is 1.36 bits per heavy atom. The van der Waals surface area contributed by atoms with Crippen molar-refractivity contribution in [2.75, 3.05) is 19.6 Å². The third kappa shape index (κ3) is 4.00. The molecule has 25 heavy (non-hydrogen) atoms. The molecule has 2 amide bonds. The second-order valence-electron chi connectivity index (χ2n) is 6.23. The third-order valence-corrected chi connectivity index (χ3v) is 4.60.